The minimum Gasteiger partial charge on any atom is -0.383 e. The highest BCUT2D eigenvalue weighted by atomic mass is 35.5. The number of amides is 2. The lowest BCUT2D eigenvalue weighted by atomic mass is 9.96. The van der Waals surface area contributed by atoms with Crippen molar-refractivity contribution in [2.24, 2.45) is 4.99 Å². The van der Waals surface area contributed by atoms with Crippen molar-refractivity contribution in [1.82, 2.24) is 40.5 Å². The molecule has 0 spiro atoms. The number of allylic oxidation sites excluding steroid dienone is 1. The van der Waals surface area contributed by atoms with Gasteiger partial charge >= 0.3 is 0 Å². The lowest BCUT2D eigenvalue weighted by molar-refractivity contribution is -0.122. The monoisotopic (exact) mass is 726 g/mol. The van der Waals surface area contributed by atoms with E-state index in [1.165, 1.54) is 15.8 Å². The standard InChI is InChI=1S/C36H39ClN10O3S/c1-6-7-25-26(17-41-47(36(25)50)28-12-13-30(48)43-34(28)38)20(3)39-14-15-40-31(49)16-27-35-45-44-22(5)46(35)18-29-32(19(2)21(4)51-29)33(42-27)23-8-10-24(37)11-9-23/h6-11,17,27-28,39H,3,12-16,18H2,1-2,4-5H3,(H,40,49)(H2,38,43,48)/b7-6-,42-33-/t27-,28?/m0/s1. The van der Waals surface area contributed by atoms with E-state index >= 15 is 0 Å². The van der Waals surface area contributed by atoms with Gasteiger partial charge in [-0.15, -0.1) is 21.5 Å². The van der Waals surface area contributed by atoms with Crippen LogP contribution in [0.3, 0.4) is 0 Å². The lowest BCUT2D eigenvalue weighted by Gasteiger charge is -2.25. The number of halogens is 1. The zero-order chi connectivity index (χ0) is 36.4. The highest BCUT2D eigenvalue weighted by molar-refractivity contribution is 7.12. The molecule has 2 atom stereocenters. The normalized spacial score (nSPS) is 18.3. The third-order valence-electron chi connectivity index (χ3n) is 9.07. The molecule has 2 aliphatic heterocycles. The van der Waals surface area contributed by atoms with Crippen LogP contribution in [-0.2, 0) is 16.1 Å². The maximum Gasteiger partial charge on any atom is 0.275 e. The molecule has 1 saturated heterocycles. The number of piperidine rings is 1. The second-order valence-corrected chi connectivity index (χ2v) is 14.2. The van der Waals surface area contributed by atoms with Crippen LogP contribution in [-0.4, -0.2) is 61.0 Å². The van der Waals surface area contributed by atoms with Crippen LogP contribution in [0.2, 0.25) is 5.02 Å². The number of aryl methyl sites for hydroxylation is 2. The van der Waals surface area contributed by atoms with Gasteiger partial charge in [-0.2, -0.15) is 5.10 Å². The molecule has 2 aliphatic rings. The highest BCUT2D eigenvalue weighted by Gasteiger charge is 2.30. The quantitative estimate of drug-likeness (QED) is 0.172. The van der Waals surface area contributed by atoms with Crippen molar-refractivity contribution >= 4 is 58.1 Å². The van der Waals surface area contributed by atoms with E-state index in [1.807, 2.05) is 35.8 Å². The Hall–Kier alpha value is -5.21. The van der Waals surface area contributed by atoms with E-state index < -0.39 is 17.6 Å². The molecule has 0 bridgehead atoms. The van der Waals surface area contributed by atoms with Gasteiger partial charge in [0.15, 0.2) is 5.82 Å². The van der Waals surface area contributed by atoms with E-state index in [-0.39, 0.29) is 37.0 Å². The van der Waals surface area contributed by atoms with Gasteiger partial charge in [-0.1, -0.05) is 42.5 Å². The molecule has 5 heterocycles. The number of benzene rings is 1. The van der Waals surface area contributed by atoms with E-state index in [4.69, 9.17) is 22.0 Å². The molecule has 0 saturated carbocycles. The number of fused-ring (bicyclic) bond motifs is 2. The molecular weight excluding hydrogens is 688 g/mol. The van der Waals surface area contributed by atoms with Gasteiger partial charge in [0.2, 0.25) is 11.8 Å². The van der Waals surface area contributed by atoms with E-state index in [0.29, 0.717) is 47.2 Å². The summed E-state index contributed by atoms with van der Waals surface area (Å²) in [5, 5.41) is 30.6. The zero-order valence-electron chi connectivity index (χ0n) is 28.8. The third-order valence-corrected chi connectivity index (χ3v) is 10.5. The first-order valence-corrected chi connectivity index (χ1v) is 17.8. The summed E-state index contributed by atoms with van der Waals surface area (Å²) in [6.07, 6.45) is 5.51. The summed E-state index contributed by atoms with van der Waals surface area (Å²) >= 11 is 7.97. The number of carbonyl (C=O) groups is 2. The summed E-state index contributed by atoms with van der Waals surface area (Å²) in [6, 6.07) is 6.33. The second-order valence-electron chi connectivity index (χ2n) is 12.5. The molecule has 1 fully saturated rings. The molecule has 2 amide bonds. The minimum absolute atomic E-state index is 0.0535. The van der Waals surface area contributed by atoms with Crippen molar-refractivity contribution in [3.05, 3.63) is 108 Å². The molecule has 0 radical (unpaired) electrons. The van der Waals surface area contributed by atoms with Gasteiger partial charge in [0.05, 0.1) is 30.4 Å². The van der Waals surface area contributed by atoms with Gasteiger partial charge in [-0.05, 0) is 51.8 Å². The fourth-order valence-electron chi connectivity index (χ4n) is 6.32. The summed E-state index contributed by atoms with van der Waals surface area (Å²) < 4.78 is 3.27. The number of thiophene rings is 1. The van der Waals surface area contributed by atoms with Gasteiger partial charge < -0.3 is 20.5 Å². The van der Waals surface area contributed by atoms with Crippen molar-refractivity contribution in [2.45, 2.75) is 65.6 Å². The first-order valence-electron chi connectivity index (χ1n) is 16.6. The van der Waals surface area contributed by atoms with Gasteiger partial charge in [0, 0.05) is 56.7 Å². The number of aliphatic imine (C=N–C) groups is 1. The Morgan fingerprint density at radius 3 is 2.63 bits per heavy atom. The Labute approximate surface area is 304 Å². The van der Waals surface area contributed by atoms with Crippen LogP contribution >= 0.6 is 22.9 Å². The Morgan fingerprint density at radius 1 is 1.16 bits per heavy atom. The smallest absolute Gasteiger partial charge is 0.275 e. The molecule has 1 unspecified atom stereocenters. The Balaban J connectivity index is 1.17. The Kier molecular flexibility index (Phi) is 10.4. The molecule has 6 rings (SSSR count). The van der Waals surface area contributed by atoms with Gasteiger partial charge in [0.25, 0.3) is 5.56 Å². The van der Waals surface area contributed by atoms with Crippen molar-refractivity contribution in [3.63, 3.8) is 0 Å². The molecule has 1 aromatic carbocycles. The SMILES string of the molecule is C=C(NCCNC(=O)C[C@@H]1/N=C(/c2ccc(Cl)cc2)c2c(sc(C)c2C)Cn2c(C)nnc21)c1cnn(C2CCC(=O)NC2=N)c(=O)c1/C=C\C. The first-order chi connectivity index (χ1) is 24.5. The van der Waals surface area contributed by atoms with Gasteiger partial charge in [0.1, 0.15) is 23.7 Å². The summed E-state index contributed by atoms with van der Waals surface area (Å²) in [5.41, 5.74) is 4.84. The summed E-state index contributed by atoms with van der Waals surface area (Å²) in [4.78, 5) is 46.2. The molecule has 3 aromatic heterocycles. The van der Waals surface area contributed by atoms with Crippen LogP contribution in [0.25, 0.3) is 11.8 Å². The van der Waals surface area contributed by atoms with Gasteiger partial charge in [-0.25, -0.2) is 4.68 Å². The topological polar surface area (TPSA) is 172 Å². The number of carbonyl (C=O) groups excluding carboxylic acids is 2. The van der Waals surface area contributed by atoms with E-state index in [1.54, 1.807) is 30.4 Å². The number of aromatic nitrogens is 5. The minimum atomic E-state index is -0.660. The molecule has 4 aromatic rings. The van der Waals surface area contributed by atoms with Gasteiger partial charge in [-0.3, -0.25) is 24.8 Å². The largest absolute Gasteiger partial charge is 0.383 e. The first kappa shape index (κ1) is 35.6. The molecule has 51 heavy (non-hydrogen) atoms. The van der Waals surface area contributed by atoms with Crippen LogP contribution in [0.15, 0.2) is 52.9 Å². The average molecular weight is 727 g/mol. The predicted octanol–water partition coefficient (Wildman–Crippen LogP) is 4.64. The van der Waals surface area contributed by atoms with Crippen LogP contribution in [0.5, 0.6) is 0 Å². The average Bonchev–Trinajstić information content (AvgIpc) is 3.58. The second kappa shape index (κ2) is 15.0. The highest BCUT2D eigenvalue weighted by Crippen LogP contribution is 2.36. The maximum absolute atomic E-state index is 13.5. The van der Waals surface area contributed by atoms with E-state index in [2.05, 4.69) is 51.7 Å². The zero-order valence-corrected chi connectivity index (χ0v) is 30.4. The lowest BCUT2D eigenvalue weighted by Crippen LogP contribution is -2.45. The number of hydrogen-bond acceptors (Lipinski definition) is 10. The Morgan fingerprint density at radius 2 is 1.90 bits per heavy atom. The van der Waals surface area contributed by atoms with Crippen molar-refractivity contribution in [3.8, 4) is 0 Å². The molecular formula is C36H39ClN10O3S. The fourth-order valence-corrected chi connectivity index (χ4v) is 7.62. The maximum atomic E-state index is 13.5. The van der Waals surface area contributed by atoms with Crippen LogP contribution < -0.4 is 21.5 Å². The van der Waals surface area contributed by atoms with E-state index in [0.717, 1.165) is 33.1 Å². The fraction of sp³-hybridized carbons (Fsp3) is 0.333. The van der Waals surface area contributed by atoms with Crippen molar-refractivity contribution in [1.29, 1.82) is 5.41 Å². The summed E-state index contributed by atoms with van der Waals surface area (Å²) in [5.74, 6) is 0.856. The number of nitrogens with zero attached hydrogens (tertiary/aromatic N) is 6. The van der Waals surface area contributed by atoms with Crippen LogP contribution in [0, 0.1) is 26.2 Å². The predicted molar refractivity (Wildman–Crippen MR) is 199 cm³/mol. The van der Waals surface area contributed by atoms with Crippen molar-refractivity contribution < 1.29 is 9.59 Å². The molecule has 15 heteroatoms. The molecule has 264 valence electrons. The van der Waals surface area contributed by atoms with Crippen LogP contribution in [0.1, 0.15) is 87.5 Å². The Bertz CT molecular complexity index is 2160. The van der Waals surface area contributed by atoms with Crippen LogP contribution in [0.4, 0.5) is 0 Å². The molecule has 4 N–H and O–H groups in total. The summed E-state index contributed by atoms with van der Waals surface area (Å²) in [7, 11) is 0. The molecule has 0 aliphatic carbocycles. The number of nitrogens with one attached hydrogen (secondary N) is 4. The summed E-state index contributed by atoms with van der Waals surface area (Å²) in [6.45, 7) is 13.2. The molecule has 13 nitrogen and oxygen atoms in total. The van der Waals surface area contributed by atoms with E-state index in [9.17, 15) is 14.4 Å². The van der Waals surface area contributed by atoms with Crippen molar-refractivity contribution in [2.75, 3.05) is 13.1 Å². The third kappa shape index (κ3) is 7.33. The number of rotatable bonds is 10. The number of amidine groups is 1. The number of hydrogen-bond donors (Lipinski definition) is 4.